The first-order chi connectivity index (χ1) is 15.4. The normalized spacial score (nSPS) is 13.4. The van der Waals surface area contributed by atoms with Crippen LogP contribution in [-0.4, -0.2) is 49.8 Å². The molecule has 9 nitrogen and oxygen atoms in total. The van der Waals surface area contributed by atoms with Gasteiger partial charge in [-0.15, -0.1) is 10.2 Å². The summed E-state index contributed by atoms with van der Waals surface area (Å²) in [6.07, 6.45) is 1.63. The maximum Gasteiger partial charge on any atom is 0.324 e. The van der Waals surface area contributed by atoms with Crippen LogP contribution in [0.4, 0.5) is 10.5 Å². The summed E-state index contributed by atoms with van der Waals surface area (Å²) in [6.45, 7) is 4.27. The van der Waals surface area contributed by atoms with Gasteiger partial charge in [0.25, 0.3) is 0 Å². The van der Waals surface area contributed by atoms with Crippen LogP contribution in [0.1, 0.15) is 16.7 Å². The van der Waals surface area contributed by atoms with E-state index in [1.165, 1.54) is 17.3 Å². The molecular formula is C22H22N6O3S. The lowest BCUT2D eigenvalue weighted by Crippen LogP contribution is -2.30. The van der Waals surface area contributed by atoms with E-state index in [0.29, 0.717) is 10.8 Å². The highest BCUT2D eigenvalue weighted by Gasteiger charge is 2.28. The monoisotopic (exact) mass is 450 g/mol. The molecule has 4 rings (SSSR count). The fourth-order valence-electron chi connectivity index (χ4n) is 3.25. The molecule has 2 heterocycles. The van der Waals surface area contributed by atoms with E-state index in [9.17, 15) is 14.4 Å². The second-order valence-electron chi connectivity index (χ2n) is 7.43. The van der Waals surface area contributed by atoms with Crippen molar-refractivity contribution in [2.24, 2.45) is 0 Å². The zero-order valence-electron chi connectivity index (χ0n) is 17.7. The molecule has 164 valence electrons. The average Bonchev–Trinajstić information content (AvgIpc) is 3.36. The molecule has 1 aliphatic heterocycles. The first kappa shape index (κ1) is 21.6. The zero-order chi connectivity index (χ0) is 22.7. The van der Waals surface area contributed by atoms with Gasteiger partial charge in [0.1, 0.15) is 6.33 Å². The number of thioether (sulfide) groups is 1. The second-order valence-corrected chi connectivity index (χ2v) is 8.37. The van der Waals surface area contributed by atoms with Crippen molar-refractivity contribution in [3.8, 4) is 5.69 Å². The van der Waals surface area contributed by atoms with E-state index in [0.717, 1.165) is 21.7 Å². The number of anilines is 1. The maximum absolute atomic E-state index is 12.5. The van der Waals surface area contributed by atoms with E-state index in [-0.39, 0.29) is 30.7 Å². The van der Waals surface area contributed by atoms with Gasteiger partial charge in [0.2, 0.25) is 11.8 Å². The van der Waals surface area contributed by atoms with Crippen LogP contribution in [-0.2, 0) is 16.1 Å². The molecule has 0 saturated carbocycles. The van der Waals surface area contributed by atoms with Crippen LogP contribution in [0.15, 0.2) is 53.9 Å². The van der Waals surface area contributed by atoms with Crippen LogP contribution in [0.3, 0.4) is 0 Å². The van der Waals surface area contributed by atoms with E-state index in [2.05, 4.69) is 33.8 Å². The largest absolute Gasteiger partial charge is 0.329 e. The molecule has 1 fully saturated rings. The highest BCUT2D eigenvalue weighted by molar-refractivity contribution is 7.99. The third-order valence-electron chi connectivity index (χ3n) is 5.11. The van der Waals surface area contributed by atoms with Crippen LogP contribution in [0.2, 0.25) is 0 Å². The lowest BCUT2D eigenvalue weighted by Gasteiger charge is -2.13. The van der Waals surface area contributed by atoms with Crippen molar-refractivity contribution in [2.75, 3.05) is 17.6 Å². The Morgan fingerprint density at radius 3 is 2.75 bits per heavy atom. The van der Waals surface area contributed by atoms with Crippen molar-refractivity contribution in [3.63, 3.8) is 0 Å². The van der Waals surface area contributed by atoms with Gasteiger partial charge in [-0.25, -0.2) is 4.79 Å². The number of urea groups is 1. The van der Waals surface area contributed by atoms with Gasteiger partial charge in [0.05, 0.1) is 18.8 Å². The molecule has 0 spiro atoms. The molecule has 1 saturated heterocycles. The summed E-state index contributed by atoms with van der Waals surface area (Å²) in [5.41, 5.74) is 4.64. The summed E-state index contributed by atoms with van der Waals surface area (Å²) < 4.78 is 1.85. The molecule has 2 N–H and O–H groups in total. The lowest BCUT2D eigenvalue weighted by molar-refractivity contribution is -0.125. The van der Waals surface area contributed by atoms with E-state index in [1.54, 1.807) is 30.6 Å². The highest BCUT2D eigenvalue weighted by Crippen LogP contribution is 2.22. The van der Waals surface area contributed by atoms with E-state index in [1.807, 2.05) is 23.6 Å². The Balaban J connectivity index is 1.37. The minimum Gasteiger partial charge on any atom is -0.329 e. The van der Waals surface area contributed by atoms with Crippen LogP contribution in [0, 0.1) is 13.8 Å². The molecule has 1 aliphatic rings. The Kier molecular flexibility index (Phi) is 6.22. The highest BCUT2D eigenvalue weighted by atomic mass is 32.2. The second kappa shape index (κ2) is 9.23. The number of amides is 4. The summed E-state index contributed by atoms with van der Waals surface area (Å²) in [5.74, 6) is -0.314. The fraction of sp³-hybridized carbons (Fsp3) is 0.227. The van der Waals surface area contributed by atoms with Crippen molar-refractivity contribution < 1.29 is 14.4 Å². The molecule has 4 amide bonds. The molecule has 0 atom stereocenters. The van der Waals surface area contributed by atoms with Gasteiger partial charge in [-0.2, -0.15) is 0 Å². The Hall–Kier alpha value is -3.66. The molecule has 32 heavy (non-hydrogen) atoms. The topological polar surface area (TPSA) is 109 Å². The number of aryl methyl sites for hydroxylation is 2. The number of nitrogens with one attached hydrogen (secondary N) is 2. The first-order valence-corrected chi connectivity index (χ1v) is 11.0. The number of benzene rings is 2. The Labute approximate surface area is 189 Å². The molecular weight excluding hydrogens is 428 g/mol. The number of carbonyl (C=O) groups excluding carboxylic acids is 3. The predicted octanol–water partition coefficient (Wildman–Crippen LogP) is 2.67. The lowest BCUT2D eigenvalue weighted by atomic mass is 10.1. The first-order valence-electron chi connectivity index (χ1n) is 9.98. The van der Waals surface area contributed by atoms with E-state index < -0.39 is 6.03 Å². The Morgan fingerprint density at radius 2 is 2.00 bits per heavy atom. The van der Waals surface area contributed by atoms with Gasteiger partial charge in [0.15, 0.2) is 5.16 Å². The van der Waals surface area contributed by atoms with Gasteiger partial charge in [-0.3, -0.25) is 19.1 Å². The number of imide groups is 1. The van der Waals surface area contributed by atoms with Crippen LogP contribution < -0.4 is 10.6 Å². The molecule has 2 aromatic carbocycles. The van der Waals surface area contributed by atoms with Crippen molar-refractivity contribution in [1.29, 1.82) is 0 Å². The van der Waals surface area contributed by atoms with Crippen LogP contribution >= 0.6 is 11.8 Å². The van der Waals surface area contributed by atoms with Gasteiger partial charge in [-0.1, -0.05) is 30.0 Å². The third-order valence-corrected chi connectivity index (χ3v) is 6.05. The number of nitrogens with zero attached hydrogens (tertiary/aromatic N) is 4. The molecule has 3 aromatic rings. The summed E-state index contributed by atoms with van der Waals surface area (Å²) in [4.78, 5) is 37.1. The number of carbonyl (C=O) groups is 3. The van der Waals surface area contributed by atoms with Crippen molar-refractivity contribution in [1.82, 2.24) is 25.0 Å². The minimum atomic E-state index is -0.409. The number of aromatic nitrogens is 3. The van der Waals surface area contributed by atoms with E-state index >= 15 is 0 Å². The minimum absolute atomic E-state index is 0.0132. The smallest absolute Gasteiger partial charge is 0.324 e. The van der Waals surface area contributed by atoms with Crippen molar-refractivity contribution in [3.05, 3.63) is 65.5 Å². The fourth-order valence-corrected chi connectivity index (χ4v) is 3.98. The van der Waals surface area contributed by atoms with Crippen molar-refractivity contribution >= 4 is 35.3 Å². The summed E-state index contributed by atoms with van der Waals surface area (Å²) in [5, 5.41) is 14.1. The van der Waals surface area contributed by atoms with E-state index in [4.69, 9.17) is 0 Å². The number of rotatable bonds is 7. The SMILES string of the molecule is Cc1ccc(-n2cnnc2SCC(=O)Nc2cccc(CN3C(=O)CNC3=O)c2)cc1C. The van der Waals surface area contributed by atoms with Gasteiger partial charge < -0.3 is 10.6 Å². The molecule has 10 heteroatoms. The predicted molar refractivity (Wildman–Crippen MR) is 121 cm³/mol. The summed E-state index contributed by atoms with van der Waals surface area (Å²) in [7, 11) is 0. The maximum atomic E-state index is 12.5. The van der Waals surface area contributed by atoms with Gasteiger partial charge >= 0.3 is 6.03 Å². The average molecular weight is 451 g/mol. The van der Waals surface area contributed by atoms with Crippen molar-refractivity contribution in [2.45, 2.75) is 25.5 Å². The zero-order valence-corrected chi connectivity index (χ0v) is 18.5. The molecule has 0 bridgehead atoms. The number of hydrogen-bond donors (Lipinski definition) is 2. The summed E-state index contributed by atoms with van der Waals surface area (Å²) in [6, 6.07) is 12.8. The standard InChI is InChI=1S/C22H22N6O3S/c1-14-6-7-18(8-15(14)2)28-13-24-26-22(28)32-12-19(29)25-17-5-3-4-16(9-17)11-27-20(30)10-23-21(27)31/h3-9,13H,10-12H2,1-2H3,(H,23,31)(H,25,29). The molecule has 0 unspecified atom stereocenters. The Morgan fingerprint density at radius 1 is 1.16 bits per heavy atom. The van der Waals surface area contributed by atoms with Gasteiger partial charge in [0, 0.05) is 11.4 Å². The molecule has 0 aliphatic carbocycles. The summed E-state index contributed by atoms with van der Waals surface area (Å²) >= 11 is 1.29. The quantitative estimate of drug-likeness (QED) is 0.423. The number of hydrogen-bond acceptors (Lipinski definition) is 6. The molecule has 1 aromatic heterocycles. The van der Waals surface area contributed by atoms with Crippen LogP contribution in [0.5, 0.6) is 0 Å². The van der Waals surface area contributed by atoms with Gasteiger partial charge in [-0.05, 0) is 54.8 Å². The van der Waals surface area contributed by atoms with Crippen LogP contribution in [0.25, 0.3) is 5.69 Å². The molecule has 0 radical (unpaired) electrons. The Bertz CT molecular complexity index is 1180. The third kappa shape index (κ3) is 4.80.